The first-order valence-corrected chi connectivity index (χ1v) is 8.43. The van der Waals surface area contributed by atoms with Crippen LogP contribution in [-0.2, 0) is 0 Å². The highest BCUT2D eigenvalue weighted by molar-refractivity contribution is 6.42. The molecule has 2 N–H and O–H groups in total. The molecule has 0 bridgehead atoms. The summed E-state index contributed by atoms with van der Waals surface area (Å²) >= 11 is 17.4. The van der Waals surface area contributed by atoms with Gasteiger partial charge in [-0.05, 0) is 48.5 Å². The van der Waals surface area contributed by atoms with Gasteiger partial charge in [0.05, 0.1) is 10.0 Å². The average molecular weight is 410 g/mol. The van der Waals surface area contributed by atoms with Gasteiger partial charge in [0.15, 0.2) is 5.15 Å². The molecule has 2 amide bonds. The molecule has 26 heavy (non-hydrogen) atoms. The Labute approximate surface area is 164 Å². The molecule has 2 aromatic carbocycles. The smallest absolute Gasteiger partial charge is 0.323 e. The van der Waals surface area contributed by atoms with Crippen LogP contribution in [0.2, 0.25) is 15.2 Å². The highest BCUT2D eigenvalue weighted by Gasteiger charge is 2.06. The first-order chi connectivity index (χ1) is 12.5. The van der Waals surface area contributed by atoms with E-state index in [-0.39, 0.29) is 5.15 Å². The zero-order chi connectivity index (χ0) is 18.5. The van der Waals surface area contributed by atoms with Crippen molar-refractivity contribution in [3.63, 3.8) is 0 Å². The molecule has 0 aliphatic heterocycles. The highest BCUT2D eigenvalue weighted by atomic mass is 35.5. The minimum absolute atomic E-state index is 0.282. The number of halogens is 3. The van der Waals surface area contributed by atoms with Crippen LogP contribution in [-0.4, -0.2) is 16.2 Å². The lowest BCUT2D eigenvalue weighted by atomic mass is 10.3. The quantitative estimate of drug-likeness (QED) is 0.565. The number of hydrogen-bond acceptors (Lipinski definition) is 4. The van der Waals surface area contributed by atoms with Crippen molar-refractivity contribution in [1.29, 1.82) is 0 Å². The van der Waals surface area contributed by atoms with E-state index >= 15 is 0 Å². The second-order valence-corrected chi connectivity index (χ2v) is 6.23. The third kappa shape index (κ3) is 4.98. The lowest BCUT2D eigenvalue weighted by molar-refractivity contribution is 0.262. The number of nitrogens with zero attached hydrogens (tertiary/aromatic N) is 2. The molecule has 1 heterocycles. The Hall–Kier alpha value is -2.54. The molecule has 0 saturated heterocycles. The molecular formula is C17H11Cl3N4O2. The van der Waals surface area contributed by atoms with Crippen LogP contribution in [0.5, 0.6) is 11.6 Å². The summed E-state index contributed by atoms with van der Waals surface area (Å²) in [4.78, 5) is 12.0. The molecule has 132 valence electrons. The van der Waals surface area contributed by atoms with E-state index < -0.39 is 6.03 Å². The van der Waals surface area contributed by atoms with Crippen molar-refractivity contribution in [3.05, 3.63) is 69.8 Å². The zero-order valence-electron chi connectivity index (χ0n) is 13.0. The van der Waals surface area contributed by atoms with Crippen LogP contribution in [0.1, 0.15) is 0 Å². The molecule has 0 saturated carbocycles. The lowest BCUT2D eigenvalue weighted by Gasteiger charge is -2.09. The van der Waals surface area contributed by atoms with E-state index in [2.05, 4.69) is 20.8 Å². The molecule has 0 radical (unpaired) electrons. The number of urea groups is 1. The number of ether oxygens (including phenoxy) is 1. The van der Waals surface area contributed by atoms with Gasteiger partial charge in [-0.2, -0.15) is 0 Å². The predicted octanol–water partition coefficient (Wildman–Crippen LogP) is 5.87. The van der Waals surface area contributed by atoms with Crippen LogP contribution >= 0.6 is 34.8 Å². The molecule has 3 aromatic rings. The van der Waals surface area contributed by atoms with Gasteiger partial charge in [0.25, 0.3) is 0 Å². The average Bonchev–Trinajstić information content (AvgIpc) is 2.62. The van der Waals surface area contributed by atoms with Crippen LogP contribution in [0.25, 0.3) is 0 Å². The second-order valence-electron chi connectivity index (χ2n) is 5.03. The SMILES string of the molecule is O=C(Nc1ccc(Oc2ccc(Cl)nn2)cc1)Nc1ccc(Cl)c(Cl)c1. The van der Waals surface area contributed by atoms with Crippen molar-refractivity contribution >= 4 is 52.2 Å². The molecule has 0 aliphatic carbocycles. The number of aromatic nitrogens is 2. The van der Waals surface area contributed by atoms with Crippen LogP contribution in [0, 0.1) is 0 Å². The van der Waals surface area contributed by atoms with Gasteiger partial charge in [-0.15, -0.1) is 10.2 Å². The Bertz CT molecular complexity index is 918. The summed E-state index contributed by atoms with van der Waals surface area (Å²) in [5.74, 6) is 0.851. The fourth-order valence-corrected chi connectivity index (χ4v) is 2.35. The Kier molecular flexibility index (Phi) is 5.78. The van der Waals surface area contributed by atoms with Crippen molar-refractivity contribution in [3.8, 4) is 11.6 Å². The number of carbonyl (C=O) groups is 1. The first-order valence-electron chi connectivity index (χ1n) is 7.30. The van der Waals surface area contributed by atoms with Gasteiger partial charge in [0.1, 0.15) is 5.75 Å². The fourth-order valence-electron chi connectivity index (χ4n) is 1.95. The Morgan fingerprint density at radius 3 is 2.15 bits per heavy atom. The zero-order valence-corrected chi connectivity index (χ0v) is 15.3. The number of carbonyl (C=O) groups excluding carboxylic acids is 1. The second kappa shape index (κ2) is 8.23. The van der Waals surface area contributed by atoms with E-state index in [4.69, 9.17) is 39.5 Å². The Morgan fingerprint density at radius 2 is 1.50 bits per heavy atom. The normalized spacial score (nSPS) is 10.3. The van der Waals surface area contributed by atoms with Crippen molar-refractivity contribution < 1.29 is 9.53 Å². The lowest BCUT2D eigenvalue weighted by Crippen LogP contribution is -2.19. The third-order valence-electron chi connectivity index (χ3n) is 3.12. The van der Waals surface area contributed by atoms with E-state index in [1.54, 1.807) is 54.6 Å². The van der Waals surface area contributed by atoms with Crippen molar-refractivity contribution in [1.82, 2.24) is 10.2 Å². The van der Waals surface area contributed by atoms with Gasteiger partial charge in [-0.1, -0.05) is 34.8 Å². The van der Waals surface area contributed by atoms with Gasteiger partial charge in [0.2, 0.25) is 5.88 Å². The van der Waals surface area contributed by atoms with Gasteiger partial charge < -0.3 is 15.4 Å². The standard InChI is InChI=1S/C17H11Cl3N4O2/c18-13-6-3-11(9-14(13)19)22-17(25)21-10-1-4-12(5-2-10)26-16-8-7-15(20)23-24-16/h1-9H,(H2,21,22,25). The van der Waals surface area contributed by atoms with E-state index in [1.807, 2.05) is 0 Å². The van der Waals surface area contributed by atoms with E-state index in [0.29, 0.717) is 33.0 Å². The fraction of sp³-hybridized carbons (Fsp3) is 0. The Morgan fingerprint density at radius 1 is 0.808 bits per heavy atom. The van der Waals surface area contributed by atoms with Crippen molar-refractivity contribution in [2.45, 2.75) is 0 Å². The number of benzene rings is 2. The van der Waals surface area contributed by atoms with Crippen LogP contribution < -0.4 is 15.4 Å². The summed E-state index contributed by atoms with van der Waals surface area (Å²) in [5, 5.41) is 13.9. The summed E-state index contributed by atoms with van der Waals surface area (Å²) in [5.41, 5.74) is 1.11. The molecule has 0 spiro atoms. The van der Waals surface area contributed by atoms with E-state index in [9.17, 15) is 4.79 Å². The number of amides is 2. The summed E-state index contributed by atoms with van der Waals surface area (Å²) < 4.78 is 5.53. The predicted molar refractivity (Wildman–Crippen MR) is 103 cm³/mol. The minimum atomic E-state index is -0.416. The van der Waals surface area contributed by atoms with E-state index in [0.717, 1.165) is 0 Å². The molecule has 3 rings (SSSR count). The molecule has 0 fully saturated rings. The van der Waals surface area contributed by atoms with Gasteiger partial charge in [-0.3, -0.25) is 0 Å². The van der Waals surface area contributed by atoms with Crippen LogP contribution in [0.3, 0.4) is 0 Å². The van der Waals surface area contributed by atoms with Crippen molar-refractivity contribution in [2.24, 2.45) is 0 Å². The summed E-state index contributed by atoms with van der Waals surface area (Å²) in [6, 6.07) is 14.3. The maximum absolute atomic E-state index is 12.0. The molecule has 1 aromatic heterocycles. The largest absolute Gasteiger partial charge is 0.438 e. The number of hydrogen-bond donors (Lipinski definition) is 2. The summed E-state index contributed by atoms with van der Waals surface area (Å²) in [6.07, 6.45) is 0. The van der Waals surface area contributed by atoms with Crippen molar-refractivity contribution in [2.75, 3.05) is 10.6 Å². The topological polar surface area (TPSA) is 76.1 Å². The molecule has 6 nitrogen and oxygen atoms in total. The Balaban J connectivity index is 1.58. The monoisotopic (exact) mass is 408 g/mol. The van der Waals surface area contributed by atoms with Gasteiger partial charge >= 0.3 is 6.03 Å². The molecule has 0 atom stereocenters. The molecule has 9 heteroatoms. The number of rotatable bonds is 4. The summed E-state index contributed by atoms with van der Waals surface area (Å²) in [7, 11) is 0. The maximum atomic E-state index is 12.0. The number of anilines is 2. The molecule has 0 aliphatic rings. The van der Waals surface area contributed by atoms with Gasteiger partial charge in [0, 0.05) is 17.4 Å². The third-order valence-corrected chi connectivity index (χ3v) is 4.06. The number of nitrogens with one attached hydrogen (secondary N) is 2. The first kappa shape index (κ1) is 18.3. The minimum Gasteiger partial charge on any atom is -0.438 e. The molecule has 0 unspecified atom stereocenters. The van der Waals surface area contributed by atoms with Crippen LogP contribution in [0.15, 0.2) is 54.6 Å². The van der Waals surface area contributed by atoms with Gasteiger partial charge in [-0.25, -0.2) is 4.79 Å². The maximum Gasteiger partial charge on any atom is 0.323 e. The molecular weight excluding hydrogens is 399 g/mol. The summed E-state index contributed by atoms with van der Waals surface area (Å²) in [6.45, 7) is 0. The highest BCUT2D eigenvalue weighted by Crippen LogP contribution is 2.25. The van der Waals surface area contributed by atoms with E-state index in [1.165, 1.54) is 0 Å². The van der Waals surface area contributed by atoms with Crippen LogP contribution in [0.4, 0.5) is 16.2 Å².